The summed E-state index contributed by atoms with van der Waals surface area (Å²) in [6, 6.07) is -1.46. The fraction of sp³-hybridized carbons (Fsp3) is 0.857. The lowest BCUT2D eigenvalue weighted by molar-refractivity contribution is -0.293. The topological polar surface area (TPSA) is 221 Å². The Kier molecular flexibility index (Phi) is 6.52. The Morgan fingerprint density at radius 3 is 2.08 bits per heavy atom. The summed E-state index contributed by atoms with van der Waals surface area (Å²) in [5, 5.41) is 57.8. The number of nitrogens with zero attached hydrogens (tertiary/aromatic N) is 1. The van der Waals surface area contributed by atoms with E-state index in [1.54, 1.807) is 6.92 Å². The van der Waals surface area contributed by atoms with Crippen molar-refractivity contribution in [1.29, 1.82) is 0 Å². The van der Waals surface area contributed by atoms with E-state index in [1.807, 2.05) is 0 Å². The molecule has 0 aromatic carbocycles. The van der Waals surface area contributed by atoms with Gasteiger partial charge in [0.05, 0.1) is 18.2 Å². The molecule has 150 valence electrons. The smallest absolute Gasteiger partial charge is 0.370 e. The molecule has 1 saturated carbocycles. The molecule has 2 aliphatic rings. The third kappa shape index (κ3) is 4.13. The van der Waals surface area contributed by atoms with E-state index in [9.17, 15) is 30.3 Å². The van der Waals surface area contributed by atoms with Gasteiger partial charge in [0.15, 0.2) is 6.29 Å². The zero-order valence-electron chi connectivity index (χ0n) is 14.0. The lowest BCUT2D eigenvalue weighted by atomic mass is 9.84. The minimum Gasteiger partial charge on any atom is -0.475 e. The highest BCUT2D eigenvalue weighted by atomic mass is 16.7. The Labute approximate surface area is 148 Å². The number of carboxylic acid groups (broad SMARTS) is 1. The first-order valence-corrected chi connectivity index (χ1v) is 8.08. The van der Waals surface area contributed by atoms with Crippen molar-refractivity contribution in [2.45, 2.75) is 74.4 Å². The fourth-order valence-corrected chi connectivity index (χ4v) is 3.02. The molecule has 1 heterocycles. The van der Waals surface area contributed by atoms with E-state index in [-0.39, 0.29) is 6.42 Å². The molecule has 0 aromatic heterocycles. The summed E-state index contributed by atoms with van der Waals surface area (Å²) in [6.45, 7) is 1.59. The molecule has 1 aliphatic heterocycles. The van der Waals surface area contributed by atoms with Gasteiger partial charge in [-0.1, -0.05) is 0 Å². The molecule has 2 unspecified atom stereocenters. The van der Waals surface area contributed by atoms with Gasteiger partial charge in [0.2, 0.25) is 5.84 Å². The maximum atomic E-state index is 10.8. The Hall–Kier alpha value is -1.38. The van der Waals surface area contributed by atoms with E-state index in [0.717, 1.165) is 0 Å². The minimum atomic E-state index is -1.74. The maximum Gasteiger partial charge on any atom is 0.370 e. The van der Waals surface area contributed by atoms with Crippen LogP contribution in [0.4, 0.5) is 0 Å². The van der Waals surface area contributed by atoms with Crippen LogP contribution in [0.1, 0.15) is 13.3 Å². The number of aliphatic imine (C=N–C) groups is 1. The molecule has 0 aromatic rings. The SMILES string of the molecule is C[C@H]1O[C@H](OC2[C@@H](O)[C@@H](O)C(O)[C@H](O)[C@H]2O)[C@@H](N)C[C@@H]1/N=C(\N)C(=O)O. The highest BCUT2D eigenvalue weighted by molar-refractivity contribution is 6.33. The predicted octanol–water partition coefficient (Wildman–Crippen LogP) is -4.54. The van der Waals surface area contributed by atoms with Gasteiger partial charge >= 0.3 is 5.97 Å². The van der Waals surface area contributed by atoms with Crippen LogP contribution in [0.2, 0.25) is 0 Å². The fourth-order valence-electron chi connectivity index (χ4n) is 3.02. The highest BCUT2D eigenvalue weighted by Crippen LogP contribution is 2.29. The van der Waals surface area contributed by atoms with Gasteiger partial charge < -0.3 is 51.6 Å². The Bertz CT molecular complexity index is 532. The third-order valence-corrected chi connectivity index (χ3v) is 4.64. The van der Waals surface area contributed by atoms with Crippen molar-refractivity contribution in [2.24, 2.45) is 16.5 Å². The van der Waals surface area contributed by atoms with Gasteiger partial charge in [0.25, 0.3) is 0 Å². The Morgan fingerprint density at radius 2 is 1.58 bits per heavy atom. The van der Waals surface area contributed by atoms with Crippen molar-refractivity contribution < 1.29 is 44.9 Å². The van der Waals surface area contributed by atoms with Gasteiger partial charge in [-0.2, -0.15) is 0 Å². The molecular weight excluding hydrogens is 354 g/mol. The molecule has 2 fully saturated rings. The second-order valence-electron chi connectivity index (χ2n) is 6.55. The van der Waals surface area contributed by atoms with E-state index in [4.69, 9.17) is 26.0 Å². The summed E-state index contributed by atoms with van der Waals surface area (Å²) in [7, 11) is 0. The van der Waals surface area contributed by atoms with Crippen molar-refractivity contribution in [2.75, 3.05) is 0 Å². The van der Waals surface area contributed by atoms with Crippen LogP contribution in [0, 0.1) is 0 Å². The molecule has 0 amide bonds. The molecular formula is C14H25N3O9. The van der Waals surface area contributed by atoms with E-state index in [0.29, 0.717) is 0 Å². The van der Waals surface area contributed by atoms with Gasteiger partial charge in [-0.05, 0) is 13.3 Å². The van der Waals surface area contributed by atoms with Crippen LogP contribution >= 0.6 is 0 Å². The van der Waals surface area contributed by atoms with Crippen molar-refractivity contribution >= 4 is 11.8 Å². The number of ether oxygens (including phenoxy) is 2. The number of aliphatic hydroxyl groups is 5. The van der Waals surface area contributed by atoms with Gasteiger partial charge in [-0.25, -0.2) is 4.79 Å². The van der Waals surface area contributed by atoms with Crippen molar-refractivity contribution in [3.05, 3.63) is 0 Å². The van der Waals surface area contributed by atoms with Gasteiger partial charge in [-0.3, -0.25) is 4.99 Å². The number of nitrogens with two attached hydrogens (primary N) is 2. The monoisotopic (exact) mass is 379 g/mol. The lowest BCUT2D eigenvalue weighted by Crippen LogP contribution is -2.66. The van der Waals surface area contributed by atoms with Gasteiger partial charge in [0, 0.05) is 0 Å². The summed E-state index contributed by atoms with van der Waals surface area (Å²) in [5.74, 6) is -1.96. The summed E-state index contributed by atoms with van der Waals surface area (Å²) in [5.41, 5.74) is 11.2. The first-order chi connectivity index (χ1) is 12.0. The minimum absolute atomic E-state index is 0.145. The average Bonchev–Trinajstić information content (AvgIpc) is 2.58. The number of hydrogen-bond donors (Lipinski definition) is 8. The molecule has 1 aliphatic carbocycles. The lowest BCUT2D eigenvalue weighted by Gasteiger charge is -2.45. The molecule has 12 heteroatoms. The molecule has 0 spiro atoms. The first kappa shape index (κ1) is 20.9. The molecule has 1 saturated heterocycles. The van der Waals surface area contributed by atoms with Crippen molar-refractivity contribution in [1.82, 2.24) is 0 Å². The van der Waals surface area contributed by atoms with Gasteiger partial charge in [0.1, 0.15) is 36.6 Å². The van der Waals surface area contributed by atoms with E-state index < -0.39 is 72.9 Å². The number of hydrogen-bond acceptors (Lipinski definition) is 10. The largest absolute Gasteiger partial charge is 0.475 e. The number of carbonyl (C=O) groups is 1. The normalized spacial score (nSPS) is 47.6. The van der Waals surface area contributed by atoms with Gasteiger partial charge in [-0.15, -0.1) is 0 Å². The summed E-state index contributed by atoms with van der Waals surface area (Å²) < 4.78 is 11.0. The van der Waals surface area contributed by atoms with E-state index in [1.165, 1.54) is 0 Å². The quantitative estimate of drug-likeness (QED) is 0.172. The highest BCUT2D eigenvalue weighted by Gasteiger charge is 2.50. The standard InChI is InChI=1S/C14H25N3O9/c1-3-5(17-12(16)13(23)24)2-4(15)14(25-3)26-11-9(21)7(19)6(18)8(20)10(11)22/h3-11,14,18-22H,2,15H2,1H3,(H2,16,17)(H,23,24)/t3-,4+,5+,6?,7+,8+,9-,10+,11?,14-/m1/s1. The molecule has 10 atom stereocenters. The first-order valence-electron chi connectivity index (χ1n) is 8.08. The summed E-state index contributed by atoms with van der Waals surface area (Å²) in [4.78, 5) is 14.6. The van der Waals surface area contributed by atoms with Crippen molar-refractivity contribution in [3.8, 4) is 0 Å². The average molecular weight is 379 g/mol. The van der Waals surface area contributed by atoms with Crippen molar-refractivity contribution in [3.63, 3.8) is 0 Å². The molecule has 2 rings (SSSR count). The van der Waals surface area contributed by atoms with Crippen LogP contribution < -0.4 is 11.5 Å². The number of aliphatic hydroxyl groups excluding tert-OH is 5. The zero-order chi connectivity index (χ0) is 19.8. The second-order valence-corrected chi connectivity index (χ2v) is 6.55. The number of amidine groups is 1. The van der Waals surface area contributed by atoms with Crippen LogP contribution in [-0.2, 0) is 14.3 Å². The molecule has 26 heavy (non-hydrogen) atoms. The van der Waals surface area contributed by atoms with E-state index in [2.05, 4.69) is 4.99 Å². The third-order valence-electron chi connectivity index (χ3n) is 4.64. The second kappa shape index (κ2) is 8.10. The Morgan fingerprint density at radius 1 is 1.08 bits per heavy atom. The molecule has 0 bridgehead atoms. The van der Waals surface area contributed by atoms with Crippen LogP contribution in [0.25, 0.3) is 0 Å². The van der Waals surface area contributed by atoms with Crippen LogP contribution in [0.5, 0.6) is 0 Å². The summed E-state index contributed by atoms with van der Waals surface area (Å²) >= 11 is 0. The van der Waals surface area contributed by atoms with Crippen LogP contribution in [0.3, 0.4) is 0 Å². The summed E-state index contributed by atoms with van der Waals surface area (Å²) in [6.07, 6.45) is -11.7. The van der Waals surface area contributed by atoms with Crippen LogP contribution in [0.15, 0.2) is 4.99 Å². The van der Waals surface area contributed by atoms with Crippen LogP contribution in [-0.4, -0.2) is 104 Å². The Balaban J connectivity index is 2.07. The zero-order valence-corrected chi connectivity index (χ0v) is 14.0. The number of aliphatic carboxylic acids is 1. The molecule has 10 N–H and O–H groups in total. The molecule has 12 nitrogen and oxygen atoms in total. The maximum absolute atomic E-state index is 10.8. The van der Waals surface area contributed by atoms with E-state index >= 15 is 0 Å². The number of rotatable bonds is 3. The number of carboxylic acids is 1. The molecule has 0 radical (unpaired) electrons. The predicted molar refractivity (Wildman–Crippen MR) is 84.9 cm³/mol.